The van der Waals surface area contributed by atoms with E-state index >= 15 is 0 Å². The summed E-state index contributed by atoms with van der Waals surface area (Å²) in [6, 6.07) is -0.276. The van der Waals surface area contributed by atoms with Crippen molar-refractivity contribution in [2.75, 3.05) is 6.54 Å². The van der Waals surface area contributed by atoms with Crippen LogP contribution < -0.4 is 5.32 Å². The number of rotatable bonds is 5. The lowest BCUT2D eigenvalue weighted by Gasteiger charge is -2.49. The highest BCUT2D eigenvalue weighted by Gasteiger charge is 2.51. The molecule has 0 radical (unpaired) electrons. The standard InChI is InChI=1S/C17H30N2O2/c1-4-6-12-19-14(13(3)5-2)15(20)18-17(16(19)21)10-8-7-9-11-17/h13-14H,4-12H2,1-3H3,(H,18,20). The summed E-state index contributed by atoms with van der Waals surface area (Å²) in [5.74, 6) is 0.467. The van der Waals surface area contributed by atoms with Crippen LogP contribution in [-0.2, 0) is 9.59 Å². The molecule has 0 bridgehead atoms. The van der Waals surface area contributed by atoms with Crippen LogP contribution >= 0.6 is 0 Å². The average molecular weight is 294 g/mol. The molecule has 2 rings (SSSR count). The Morgan fingerprint density at radius 3 is 2.48 bits per heavy atom. The molecule has 0 aromatic rings. The molecule has 0 aromatic heterocycles. The Bertz CT molecular complexity index is 388. The Labute approximate surface area is 128 Å². The van der Waals surface area contributed by atoms with Gasteiger partial charge in [0.1, 0.15) is 11.6 Å². The summed E-state index contributed by atoms with van der Waals surface area (Å²) in [7, 11) is 0. The van der Waals surface area contributed by atoms with Crippen LogP contribution in [0, 0.1) is 5.92 Å². The number of nitrogens with zero attached hydrogens (tertiary/aromatic N) is 1. The third-order valence-electron chi connectivity index (χ3n) is 5.28. The number of unbranched alkanes of at least 4 members (excludes halogenated alkanes) is 1. The van der Waals surface area contributed by atoms with Crippen molar-refractivity contribution in [2.24, 2.45) is 5.92 Å². The van der Waals surface area contributed by atoms with Crippen LogP contribution in [0.15, 0.2) is 0 Å². The van der Waals surface area contributed by atoms with Crippen LogP contribution in [0.4, 0.5) is 0 Å². The summed E-state index contributed by atoms with van der Waals surface area (Å²) < 4.78 is 0. The van der Waals surface area contributed by atoms with Crippen LogP contribution in [0.3, 0.4) is 0 Å². The predicted molar refractivity (Wildman–Crippen MR) is 83.8 cm³/mol. The third-order valence-corrected chi connectivity index (χ3v) is 5.28. The minimum atomic E-state index is -0.590. The molecule has 1 heterocycles. The predicted octanol–water partition coefficient (Wildman–Crippen LogP) is 2.86. The summed E-state index contributed by atoms with van der Waals surface area (Å²) in [4.78, 5) is 27.7. The number of hydrogen-bond donors (Lipinski definition) is 1. The van der Waals surface area contributed by atoms with Crippen molar-refractivity contribution in [3.05, 3.63) is 0 Å². The number of piperazine rings is 1. The van der Waals surface area contributed by atoms with Crippen molar-refractivity contribution < 1.29 is 9.59 Å². The molecular weight excluding hydrogens is 264 g/mol. The molecule has 1 N–H and O–H groups in total. The molecule has 21 heavy (non-hydrogen) atoms. The molecule has 1 aliphatic carbocycles. The SMILES string of the molecule is CCCCN1C(=O)C2(CCCCC2)NC(=O)C1C(C)CC. The molecule has 4 nitrogen and oxygen atoms in total. The van der Waals surface area contributed by atoms with Crippen molar-refractivity contribution >= 4 is 11.8 Å². The van der Waals surface area contributed by atoms with Gasteiger partial charge in [0.05, 0.1) is 0 Å². The summed E-state index contributed by atoms with van der Waals surface area (Å²) >= 11 is 0. The van der Waals surface area contributed by atoms with E-state index in [1.54, 1.807) is 0 Å². The lowest BCUT2D eigenvalue weighted by Crippen LogP contribution is -2.72. The molecular formula is C17H30N2O2. The second-order valence-corrected chi connectivity index (χ2v) is 6.81. The maximum absolute atomic E-state index is 13.1. The van der Waals surface area contributed by atoms with E-state index in [0.29, 0.717) is 0 Å². The van der Waals surface area contributed by atoms with Crippen LogP contribution in [0.25, 0.3) is 0 Å². The van der Waals surface area contributed by atoms with Gasteiger partial charge in [-0.25, -0.2) is 0 Å². The lowest BCUT2D eigenvalue weighted by atomic mass is 9.77. The first-order chi connectivity index (χ1) is 10.1. The molecule has 1 spiro atoms. The van der Waals surface area contributed by atoms with Crippen molar-refractivity contribution in [1.29, 1.82) is 0 Å². The molecule has 2 amide bonds. The van der Waals surface area contributed by atoms with Crippen molar-refractivity contribution in [2.45, 2.75) is 83.7 Å². The maximum Gasteiger partial charge on any atom is 0.249 e. The quantitative estimate of drug-likeness (QED) is 0.847. The first-order valence-electron chi connectivity index (χ1n) is 8.69. The van der Waals surface area contributed by atoms with E-state index in [9.17, 15) is 9.59 Å². The highest BCUT2D eigenvalue weighted by Crippen LogP contribution is 2.35. The average Bonchev–Trinajstić information content (AvgIpc) is 2.49. The fourth-order valence-corrected chi connectivity index (χ4v) is 3.76. The third kappa shape index (κ3) is 3.09. The van der Waals surface area contributed by atoms with E-state index in [2.05, 4.69) is 26.1 Å². The van der Waals surface area contributed by atoms with Gasteiger partial charge < -0.3 is 10.2 Å². The number of amides is 2. The maximum atomic E-state index is 13.1. The fraction of sp³-hybridized carbons (Fsp3) is 0.882. The molecule has 2 atom stereocenters. The minimum absolute atomic E-state index is 0.0713. The van der Waals surface area contributed by atoms with Gasteiger partial charge in [0.15, 0.2) is 0 Å². The second kappa shape index (κ2) is 6.80. The molecule has 1 aliphatic heterocycles. The zero-order valence-electron chi connectivity index (χ0n) is 13.8. The molecule has 120 valence electrons. The Morgan fingerprint density at radius 2 is 1.90 bits per heavy atom. The van der Waals surface area contributed by atoms with Crippen LogP contribution in [0.2, 0.25) is 0 Å². The molecule has 4 heteroatoms. The first kappa shape index (κ1) is 16.3. The highest BCUT2D eigenvalue weighted by molar-refractivity contribution is 6.00. The Morgan fingerprint density at radius 1 is 1.24 bits per heavy atom. The van der Waals surface area contributed by atoms with E-state index in [-0.39, 0.29) is 23.8 Å². The summed E-state index contributed by atoms with van der Waals surface area (Å²) in [5.41, 5.74) is -0.590. The largest absolute Gasteiger partial charge is 0.340 e. The Kier molecular flexibility index (Phi) is 5.28. The normalized spacial score (nSPS) is 26.8. The smallest absolute Gasteiger partial charge is 0.249 e. The van der Waals surface area contributed by atoms with Gasteiger partial charge in [0, 0.05) is 6.54 Å². The summed E-state index contributed by atoms with van der Waals surface area (Å²) in [5, 5.41) is 3.12. The Balaban J connectivity index is 2.26. The molecule has 0 aromatic carbocycles. The highest BCUT2D eigenvalue weighted by atomic mass is 16.2. The monoisotopic (exact) mass is 294 g/mol. The van der Waals surface area contributed by atoms with E-state index < -0.39 is 5.54 Å². The van der Waals surface area contributed by atoms with Gasteiger partial charge in [-0.2, -0.15) is 0 Å². The van der Waals surface area contributed by atoms with Crippen molar-refractivity contribution in [3.63, 3.8) is 0 Å². The van der Waals surface area contributed by atoms with Crippen molar-refractivity contribution in [3.8, 4) is 0 Å². The number of nitrogens with one attached hydrogen (secondary N) is 1. The van der Waals surface area contributed by atoms with Gasteiger partial charge >= 0.3 is 0 Å². The number of hydrogen-bond acceptors (Lipinski definition) is 2. The van der Waals surface area contributed by atoms with Gasteiger partial charge in [-0.1, -0.05) is 52.9 Å². The Hall–Kier alpha value is -1.06. The van der Waals surface area contributed by atoms with E-state index in [1.807, 2.05) is 4.90 Å². The molecule has 1 saturated heterocycles. The second-order valence-electron chi connectivity index (χ2n) is 6.81. The number of carbonyl (C=O) groups excluding carboxylic acids is 2. The van der Waals surface area contributed by atoms with Gasteiger partial charge in [0.25, 0.3) is 0 Å². The van der Waals surface area contributed by atoms with Gasteiger partial charge in [0.2, 0.25) is 11.8 Å². The zero-order chi connectivity index (χ0) is 15.5. The van der Waals surface area contributed by atoms with Crippen LogP contribution in [-0.4, -0.2) is 34.8 Å². The van der Waals surface area contributed by atoms with Gasteiger partial charge in [-0.3, -0.25) is 9.59 Å². The summed E-state index contributed by atoms with van der Waals surface area (Å²) in [6.45, 7) is 7.02. The van der Waals surface area contributed by atoms with E-state index in [4.69, 9.17) is 0 Å². The topological polar surface area (TPSA) is 49.4 Å². The minimum Gasteiger partial charge on any atom is -0.340 e. The zero-order valence-corrected chi connectivity index (χ0v) is 13.8. The molecule has 2 fully saturated rings. The molecule has 2 aliphatic rings. The van der Waals surface area contributed by atoms with Gasteiger partial charge in [-0.05, 0) is 25.2 Å². The fourth-order valence-electron chi connectivity index (χ4n) is 3.76. The van der Waals surface area contributed by atoms with Crippen molar-refractivity contribution in [1.82, 2.24) is 10.2 Å². The number of carbonyl (C=O) groups is 2. The molecule has 1 saturated carbocycles. The summed E-state index contributed by atoms with van der Waals surface area (Å²) in [6.07, 6.45) is 7.83. The first-order valence-corrected chi connectivity index (χ1v) is 8.69. The van der Waals surface area contributed by atoms with Crippen LogP contribution in [0.1, 0.15) is 72.1 Å². The van der Waals surface area contributed by atoms with E-state index in [0.717, 1.165) is 51.5 Å². The lowest BCUT2D eigenvalue weighted by molar-refractivity contribution is -0.159. The van der Waals surface area contributed by atoms with Crippen LogP contribution in [0.5, 0.6) is 0 Å². The van der Waals surface area contributed by atoms with Gasteiger partial charge in [-0.15, -0.1) is 0 Å². The van der Waals surface area contributed by atoms with E-state index in [1.165, 1.54) is 6.42 Å². The molecule has 2 unspecified atom stereocenters.